The molecule has 1 aromatic rings. The van der Waals surface area contributed by atoms with E-state index < -0.39 is 0 Å². The van der Waals surface area contributed by atoms with E-state index in [-0.39, 0.29) is 6.10 Å². The topological polar surface area (TPSA) is 33.4 Å². The fraction of sp³-hybridized carbons (Fsp3) is 0.636. The average molecular weight is 212 g/mol. The van der Waals surface area contributed by atoms with Crippen molar-refractivity contribution < 1.29 is 9.52 Å². The van der Waals surface area contributed by atoms with Gasteiger partial charge in [0.05, 0.1) is 18.1 Å². The smallest absolute Gasteiger partial charge is 0.116 e. The molecule has 2 atom stereocenters. The predicted molar refractivity (Wildman–Crippen MR) is 58.4 cm³/mol. The highest BCUT2D eigenvalue weighted by atomic mass is 32.2. The predicted octanol–water partition coefficient (Wildman–Crippen LogP) is 2.73. The minimum Gasteiger partial charge on any atom is -0.468 e. The second-order valence-electron chi connectivity index (χ2n) is 3.87. The third kappa shape index (κ3) is 2.15. The van der Waals surface area contributed by atoms with Gasteiger partial charge in [0.1, 0.15) is 5.76 Å². The summed E-state index contributed by atoms with van der Waals surface area (Å²) in [6, 6.07) is 1.99. The van der Waals surface area contributed by atoms with Crippen LogP contribution in [0.25, 0.3) is 0 Å². The Morgan fingerprint density at radius 1 is 1.57 bits per heavy atom. The molecule has 0 radical (unpaired) electrons. The van der Waals surface area contributed by atoms with Crippen LogP contribution >= 0.6 is 11.8 Å². The largest absolute Gasteiger partial charge is 0.468 e. The van der Waals surface area contributed by atoms with Crippen LogP contribution < -0.4 is 0 Å². The first kappa shape index (κ1) is 10.1. The Balaban J connectivity index is 1.85. The van der Waals surface area contributed by atoms with Crippen molar-refractivity contribution in [2.24, 2.45) is 0 Å². The normalized spacial score (nSPS) is 27.0. The van der Waals surface area contributed by atoms with E-state index in [4.69, 9.17) is 4.42 Å². The van der Waals surface area contributed by atoms with Gasteiger partial charge >= 0.3 is 0 Å². The van der Waals surface area contributed by atoms with Crippen molar-refractivity contribution in [1.29, 1.82) is 0 Å². The highest BCUT2D eigenvalue weighted by Gasteiger charge is 2.25. The van der Waals surface area contributed by atoms with E-state index in [1.165, 1.54) is 5.56 Å². The van der Waals surface area contributed by atoms with Gasteiger partial charge < -0.3 is 9.52 Å². The van der Waals surface area contributed by atoms with Crippen molar-refractivity contribution in [2.45, 2.75) is 43.3 Å². The molecule has 1 N–H and O–H groups in total. The van der Waals surface area contributed by atoms with Crippen LogP contribution in [0.15, 0.2) is 16.7 Å². The third-order valence-electron chi connectivity index (χ3n) is 2.81. The fourth-order valence-corrected chi connectivity index (χ4v) is 3.19. The van der Waals surface area contributed by atoms with Gasteiger partial charge in [0.25, 0.3) is 0 Å². The molecule has 1 aromatic heterocycles. The highest BCUT2D eigenvalue weighted by molar-refractivity contribution is 7.99. The van der Waals surface area contributed by atoms with Crippen LogP contribution in [0.4, 0.5) is 0 Å². The minimum atomic E-state index is -0.102. The molecule has 1 heterocycles. The van der Waals surface area contributed by atoms with Crippen LogP contribution in [0, 0.1) is 6.92 Å². The third-order valence-corrected chi connectivity index (χ3v) is 4.22. The summed E-state index contributed by atoms with van der Waals surface area (Å²) in [5, 5.41) is 10.1. The lowest BCUT2D eigenvalue weighted by molar-refractivity contribution is 0.188. The van der Waals surface area contributed by atoms with E-state index in [1.54, 1.807) is 6.26 Å². The van der Waals surface area contributed by atoms with Gasteiger partial charge in [0, 0.05) is 5.25 Å². The second kappa shape index (κ2) is 4.41. The molecule has 2 nitrogen and oxygen atoms in total. The average Bonchev–Trinajstić information content (AvgIpc) is 2.72. The number of furan rings is 1. The van der Waals surface area contributed by atoms with Crippen molar-refractivity contribution in [3.8, 4) is 0 Å². The molecule has 78 valence electrons. The standard InChI is InChI=1S/C11H16O2S/c1-8-5-6-13-10(8)7-14-11-4-2-3-9(11)12/h5-6,9,11-12H,2-4,7H2,1H3/t9-,11-/m0/s1. The van der Waals surface area contributed by atoms with Crippen LogP contribution in [0.3, 0.4) is 0 Å². The number of aliphatic hydroxyl groups excluding tert-OH is 1. The second-order valence-corrected chi connectivity index (χ2v) is 5.10. The van der Waals surface area contributed by atoms with E-state index in [2.05, 4.69) is 6.92 Å². The fourth-order valence-electron chi connectivity index (χ4n) is 1.84. The lowest BCUT2D eigenvalue weighted by Crippen LogP contribution is -2.15. The van der Waals surface area contributed by atoms with Crippen LogP contribution in [-0.2, 0) is 5.75 Å². The van der Waals surface area contributed by atoms with Crippen molar-refractivity contribution in [3.05, 3.63) is 23.7 Å². The molecule has 0 aromatic carbocycles. The van der Waals surface area contributed by atoms with Crippen molar-refractivity contribution in [3.63, 3.8) is 0 Å². The molecule has 2 rings (SSSR count). The quantitative estimate of drug-likeness (QED) is 0.836. The summed E-state index contributed by atoms with van der Waals surface area (Å²) < 4.78 is 5.36. The lowest BCUT2D eigenvalue weighted by Gasteiger charge is -2.12. The molecule has 0 bridgehead atoms. The van der Waals surface area contributed by atoms with Crippen LogP contribution in [0.1, 0.15) is 30.6 Å². The first-order chi connectivity index (χ1) is 6.77. The van der Waals surface area contributed by atoms with E-state index in [0.29, 0.717) is 5.25 Å². The van der Waals surface area contributed by atoms with Crippen molar-refractivity contribution >= 4 is 11.8 Å². The molecular weight excluding hydrogens is 196 g/mol. The van der Waals surface area contributed by atoms with Gasteiger partial charge in [-0.05, 0) is 37.8 Å². The van der Waals surface area contributed by atoms with Crippen molar-refractivity contribution in [1.82, 2.24) is 0 Å². The Labute approximate surface area is 88.7 Å². The van der Waals surface area contributed by atoms with Gasteiger partial charge in [0.2, 0.25) is 0 Å². The molecule has 0 saturated heterocycles. The van der Waals surface area contributed by atoms with E-state index >= 15 is 0 Å². The van der Waals surface area contributed by atoms with Crippen LogP contribution in [0.5, 0.6) is 0 Å². The summed E-state index contributed by atoms with van der Waals surface area (Å²) in [5.41, 5.74) is 1.21. The summed E-state index contributed by atoms with van der Waals surface area (Å²) in [5.74, 6) is 1.94. The van der Waals surface area contributed by atoms with E-state index in [9.17, 15) is 5.11 Å². The number of rotatable bonds is 3. The van der Waals surface area contributed by atoms with Crippen LogP contribution in [0.2, 0.25) is 0 Å². The maximum absolute atomic E-state index is 9.64. The zero-order valence-electron chi connectivity index (χ0n) is 8.40. The van der Waals surface area contributed by atoms with E-state index in [1.807, 2.05) is 17.8 Å². The van der Waals surface area contributed by atoms with Crippen LogP contribution in [-0.4, -0.2) is 16.5 Å². The number of aliphatic hydroxyl groups is 1. The van der Waals surface area contributed by atoms with Gasteiger partial charge in [-0.2, -0.15) is 0 Å². The van der Waals surface area contributed by atoms with Gasteiger partial charge in [-0.15, -0.1) is 11.8 Å². The summed E-state index contributed by atoms with van der Waals surface area (Å²) in [4.78, 5) is 0. The monoisotopic (exact) mass is 212 g/mol. The Hall–Kier alpha value is -0.410. The number of aryl methyl sites for hydroxylation is 1. The number of hydrogen-bond acceptors (Lipinski definition) is 3. The van der Waals surface area contributed by atoms with Gasteiger partial charge in [0.15, 0.2) is 0 Å². The molecule has 0 aliphatic heterocycles. The summed E-state index contributed by atoms with van der Waals surface area (Å²) in [6.07, 6.45) is 4.91. The summed E-state index contributed by atoms with van der Waals surface area (Å²) >= 11 is 1.82. The molecule has 0 spiro atoms. The molecule has 14 heavy (non-hydrogen) atoms. The first-order valence-corrected chi connectivity index (χ1v) is 6.15. The summed E-state index contributed by atoms with van der Waals surface area (Å²) in [6.45, 7) is 2.06. The highest BCUT2D eigenvalue weighted by Crippen LogP contribution is 2.32. The molecule has 0 unspecified atom stereocenters. The van der Waals surface area contributed by atoms with Crippen molar-refractivity contribution in [2.75, 3.05) is 0 Å². The molecule has 1 fully saturated rings. The SMILES string of the molecule is Cc1ccoc1CS[C@H]1CCC[C@@H]1O. The Morgan fingerprint density at radius 2 is 2.43 bits per heavy atom. The Morgan fingerprint density at radius 3 is 3.00 bits per heavy atom. The Bertz CT molecular complexity index is 295. The minimum absolute atomic E-state index is 0.102. The number of thioether (sulfide) groups is 1. The number of hydrogen-bond donors (Lipinski definition) is 1. The first-order valence-electron chi connectivity index (χ1n) is 5.10. The molecule has 3 heteroatoms. The van der Waals surface area contributed by atoms with Gasteiger partial charge in [-0.1, -0.05) is 0 Å². The molecule has 1 saturated carbocycles. The maximum atomic E-state index is 9.64. The zero-order valence-corrected chi connectivity index (χ0v) is 9.22. The van der Waals surface area contributed by atoms with Gasteiger partial charge in [-0.3, -0.25) is 0 Å². The summed E-state index contributed by atoms with van der Waals surface area (Å²) in [7, 11) is 0. The van der Waals surface area contributed by atoms with E-state index in [0.717, 1.165) is 30.8 Å². The molecule has 1 aliphatic carbocycles. The van der Waals surface area contributed by atoms with Gasteiger partial charge in [-0.25, -0.2) is 0 Å². The molecular formula is C11H16O2S. The Kier molecular flexibility index (Phi) is 3.19. The molecule has 1 aliphatic rings. The molecule has 0 amide bonds. The lowest BCUT2D eigenvalue weighted by atomic mass is 10.3. The maximum Gasteiger partial charge on any atom is 0.116 e. The zero-order chi connectivity index (χ0) is 9.97.